The highest BCUT2D eigenvalue weighted by atomic mass is 35.5. The number of nitrogens with zero attached hydrogens (tertiary/aromatic N) is 3. The lowest BCUT2D eigenvalue weighted by molar-refractivity contribution is 0.0628. The molecule has 0 radical (unpaired) electrons. The lowest BCUT2D eigenvalue weighted by Crippen LogP contribution is -2.37. The van der Waals surface area contributed by atoms with E-state index in [9.17, 15) is 4.79 Å². The third-order valence-corrected chi connectivity index (χ3v) is 6.20. The molecular formula is C25H24ClN3O3. The van der Waals surface area contributed by atoms with Crippen molar-refractivity contribution in [1.29, 1.82) is 0 Å². The van der Waals surface area contributed by atoms with Gasteiger partial charge in [0.25, 0.3) is 0 Å². The second-order valence-electron chi connectivity index (χ2n) is 8.34. The van der Waals surface area contributed by atoms with Gasteiger partial charge in [0, 0.05) is 60.3 Å². The smallest absolute Gasteiger partial charge is 0.415 e. The quantitative estimate of drug-likeness (QED) is 0.535. The Labute approximate surface area is 192 Å². The van der Waals surface area contributed by atoms with Crippen molar-refractivity contribution in [3.05, 3.63) is 89.2 Å². The zero-order chi connectivity index (χ0) is 22.0. The second-order valence-corrected chi connectivity index (χ2v) is 8.77. The predicted octanol–water partition coefficient (Wildman–Crippen LogP) is 4.92. The summed E-state index contributed by atoms with van der Waals surface area (Å²) in [6.07, 6.45) is 4.06. The Hall–Kier alpha value is -3.09. The Morgan fingerprint density at radius 3 is 2.84 bits per heavy atom. The highest BCUT2D eigenvalue weighted by molar-refractivity contribution is 6.30. The highest BCUT2D eigenvalue weighted by Gasteiger charge is 2.50. The van der Waals surface area contributed by atoms with Gasteiger partial charge in [-0.3, -0.25) is 14.8 Å². The van der Waals surface area contributed by atoms with Gasteiger partial charge in [-0.15, -0.1) is 0 Å². The number of pyridine rings is 1. The fourth-order valence-corrected chi connectivity index (χ4v) is 4.59. The van der Waals surface area contributed by atoms with Crippen LogP contribution < -0.4 is 9.64 Å². The highest BCUT2D eigenvalue weighted by Crippen LogP contribution is 2.36. The van der Waals surface area contributed by atoms with E-state index in [-0.39, 0.29) is 6.09 Å². The zero-order valence-corrected chi connectivity index (χ0v) is 18.4. The Morgan fingerprint density at radius 2 is 2.00 bits per heavy atom. The van der Waals surface area contributed by atoms with E-state index in [4.69, 9.17) is 21.1 Å². The molecule has 3 aromatic rings. The van der Waals surface area contributed by atoms with Crippen LogP contribution in [0, 0.1) is 0 Å². The minimum absolute atomic E-state index is 0.311. The van der Waals surface area contributed by atoms with Gasteiger partial charge in [-0.25, -0.2) is 4.79 Å². The largest absolute Gasteiger partial charge is 0.489 e. The zero-order valence-electron chi connectivity index (χ0n) is 17.6. The van der Waals surface area contributed by atoms with Crippen LogP contribution in [0.2, 0.25) is 5.02 Å². The fraction of sp³-hybridized carbons (Fsp3) is 0.280. The van der Waals surface area contributed by atoms with E-state index in [0.717, 1.165) is 42.1 Å². The van der Waals surface area contributed by atoms with Crippen molar-refractivity contribution in [2.75, 3.05) is 24.5 Å². The van der Waals surface area contributed by atoms with Crippen LogP contribution in [0.5, 0.6) is 5.75 Å². The van der Waals surface area contributed by atoms with Crippen molar-refractivity contribution in [3.63, 3.8) is 0 Å². The standard InChI is InChI=1S/C25H24ClN3O3/c26-21-7-3-8-22(13-21)29-18-25(32-24(29)30)10-12-28(17-25)15-20-6-1-2-9-23(20)31-16-19-5-4-11-27-14-19/h1-9,11,13-14H,10,12,15-18H2. The number of anilines is 1. The van der Waals surface area contributed by atoms with Crippen LogP contribution in [-0.2, 0) is 17.9 Å². The second kappa shape index (κ2) is 8.81. The van der Waals surface area contributed by atoms with Crippen molar-refractivity contribution in [3.8, 4) is 5.75 Å². The Kier molecular flexibility index (Phi) is 5.72. The van der Waals surface area contributed by atoms with Crippen LogP contribution >= 0.6 is 11.6 Å². The molecule has 3 heterocycles. The molecule has 2 aliphatic rings. The van der Waals surface area contributed by atoms with E-state index in [1.807, 2.05) is 48.7 Å². The molecule has 1 atom stereocenters. The summed E-state index contributed by atoms with van der Waals surface area (Å²) in [6.45, 7) is 3.28. The minimum atomic E-state index is -0.495. The fourth-order valence-electron chi connectivity index (χ4n) is 4.40. The van der Waals surface area contributed by atoms with Crippen LogP contribution in [0.4, 0.5) is 10.5 Å². The Bertz CT molecular complexity index is 1110. The van der Waals surface area contributed by atoms with Crippen LogP contribution in [0.15, 0.2) is 73.1 Å². The molecule has 2 aliphatic heterocycles. The predicted molar refractivity (Wildman–Crippen MR) is 123 cm³/mol. The van der Waals surface area contributed by atoms with Crippen molar-refractivity contribution in [2.24, 2.45) is 0 Å². The number of aromatic nitrogens is 1. The van der Waals surface area contributed by atoms with Gasteiger partial charge in [0.05, 0.1) is 6.54 Å². The van der Waals surface area contributed by atoms with Crippen LogP contribution in [0.25, 0.3) is 0 Å². The molecular weight excluding hydrogens is 426 g/mol. The molecule has 164 valence electrons. The van der Waals surface area contributed by atoms with Gasteiger partial charge in [0.15, 0.2) is 0 Å². The number of halogens is 1. The number of likely N-dealkylation sites (tertiary alicyclic amines) is 1. The molecule has 0 saturated carbocycles. The van der Waals surface area contributed by atoms with E-state index >= 15 is 0 Å². The number of carbonyl (C=O) groups excluding carboxylic acids is 1. The third-order valence-electron chi connectivity index (χ3n) is 5.97. The average molecular weight is 450 g/mol. The first-order valence-electron chi connectivity index (χ1n) is 10.7. The molecule has 1 aromatic heterocycles. The maximum absolute atomic E-state index is 12.6. The Morgan fingerprint density at radius 1 is 1.09 bits per heavy atom. The van der Waals surface area contributed by atoms with Crippen LogP contribution in [0.1, 0.15) is 17.5 Å². The molecule has 0 aliphatic carbocycles. The van der Waals surface area contributed by atoms with Crippen LogP contribution in [0.3, 0.4) is 0 Å². The molecule has 6 nitrogen and oxygen atoms in total. The van der Waals surface area contributed by atoms with Gasteiger partial charge in [0.1, 0.15) is 18.0 Å². The molecule has 5 rings (SSSR count). The molecule has 2 aromatic carbocycles. The maximum atomic E-state index is 12.6. The van der Waals surface area contributed by atoms with E-state index in [2.05, 4.69) is 16.0 Å². The molecule has 2 saturated heterocycles. The molecule has 1 amide bonds. The van der Waals surface area contributed by atoms with Gasteiger partial charge in [-0.2, -0.15) is 0 Å². The van der Waals surface area contributed by atoms with Gasteiger partial charge < -0.3 is 9.47 Å². The van der Waals surface area contributed by atoms with Gasteiger partial charge >= 0.3 is 6.09 Å². The number of para-hydroxylation sites is 1. The lowest BCUT2D eigenvalue weighted by atomic mass is 10.0. The van der Waals surface area contributed by atoms with Gasteiger partial charge in [-0.05, 0) is 30.3 Å². The topological polar surface area (TPSA) is 54.9 Å². The summed E-state index contributed by atoms with van der Waals surface area (Å²) in [5.41, 5.74) is 2.42. The summed E-state index contributed by atoms with van der Waals surface area (Å²) in [7, 11) is 0. The SMILES string of the molecule is O=C1OC2(CCN(Cc3ccccc3OCc3cccnc3)C2)CN1c1cccc(Cl)c1. The van der Waals surface area contributed by atoms with Gasteiger partial charge in [0.2, 0.25) is 0 Å². The normalized spacial score (nSPS) is 20.7. The molecule has 0 N–H and O–H groups in total. The number of rotatable bonds is 6. The van der Waals surface area contributed by atoms with Gasteiger partial charge in [-0.1, -0.05) is 41.9 Å². The average Bonchev–Trinajstić information content (AvgIpc) is 3.35. The number of ether oxygens (including phenoxy) is 2. The molecule has 0 bridgehead atoms. The van der Waals surface area contributed by atoms with E-state index in [1.54, 1.807) is 23.2 Å². The first kappa shape index (κ1) is 20.8. The maximum Gasteiger partial charge on any atom is 0.415 e. The molecule has 1 unspecified atom stereocenters. The van der Waals surface area contributed by atoms with E-state index < -0.39 is 5.60 Å². The van der Waals surface area contributed by atoms with Crippen molar-refractivity contribution in [1.82, 2.24) is 9.88 Å². The van der Waals surface area contributed by atoms with Crippen LogP contribution in [-0.4, -0.2) is 41.2 Å². The van der Waals surface area contributed by atoms with Crippen molar-refractivity contribution in [2.45, 2.75) is 25.2 Å². The monoisotopic (exact) mass is 449 g/mol. The number of hydrogen-bond acceptors (Lipinski definition) is 5. The summed E-state index contributed by atoms with van der Waals surface area (Å²) in [5, 5.41) is 0.604. The first-order valence-corrected chi connectivity index (χ1v) is 11.1. The molecule has 1 spiro atoms. The third kappa shape index (κ3) is 4.42. The molecule has 7 heteroatoms. The van der Waals surface area contributed by atoms with E-state index in [0.29, 0.717) is 24.7 Å². The first-order chi connectivity index (χ1) is 15.6. The summed E-state index contributed by atoms with van der Waals surface area (Å²) in [4.78, 5) is 20.7. The molecule has 2 fully saturated rings. The summed E-state index contributed by atoms with van der Waals surface area (Å²) < 4.78 is 12.0. The molecule has 32 heavy (non-hydrogen) atoms. The number of carbonyl (C=O) groups is 1. The summed E-state index contributed by atoms with van der Waals surface area (Å²) >= 11 is 6.11. The van der Waals surface area contributed by atoms with Crippen molar-refractivity contribution >= 4 is 23.4 Å². The summed E-state index contributed by atoms with van der Waals surface area (Å²) in [5.74, 6) is 0.862. The number of amides is 1. The number of benzene rings is 2. The minimum Gasteiger partial charge on any atom is -0.489 e. The lowest BCUT2D eigenvalue weighted by Gasteiger charge is -2.23. The number of hydrogen-bond donors (Lipinski definition) is 0. The van der Waals surface area contributed by atoms with E-state index in [1.165, 1.54) is 0 Å². The van der Waals surface area contributed by atoms with Crippen molar-refractivity contribution < 1.29 is 14.3 Å². The summed E-state index contributed by atoms with van der Waals surface area (Å²) in [6, 6.07) is 19.3. The Balaban J connectivity index is 1.24.